The second kappa shape index (κ2) is 23.3. The van der Waals surface area contributed by atoms with Gasteiger partial charge in [-0.15, -0.1) is 0 Å². The maximum absolute atomic E-state index is 11.2. The van der Waals surface area contributed by atoms with Gasteiger partial charge in [-0.25, -0.2) is 0 Å². The highest BCUT2D eigenvalue weighted by Gasteiger charge is 2.08. The molecule has 0 aromatic carbocycles. The van der Waals surface area contributed by atoms with Crippen LogP contribution in [0.3, 0.4) is 0 Å². The number of rotatable bonds is 22. The molecule has 0 amide bonds. The lowest BCUT2D eigenvalue weighted by Crippen LogP contribution is -2.17. The minimum atomic E-state index is -0.460. The minimum Gasteiger partial charge on any atom is -0.469 e. The molecule has 0 radical (unpaired) electrons. The summed E-state index contributed by atoms with van der Waals surface area (Å²) >= 11 is 0. The molecule has 0 aromatic heterocycles. The Hall–Kier alpha value is -1.40. The number of unbranched alkanes of at least 4 members (excludes halogenated alkanes) is 10. The van der Waals surface area contributed by atoms with Gasteiger partial charge in [-0.3, -0.25) is 9.59 Å². The lowest BCUT2D eigenvalue weighted by Gasteiger charge is -2.15. The van der Waals surface area contributed by atoms with Crippen molar-refractivity contribution in [3.05, 3.63) is 12.2 Å². The molecule has 0 aromatic rings. The summed E-state index contributed by atoms with van der Waals surface area (Å²) in [6, 6.07) is 0. The second-order valence-corrected chi connectivity index (χ2v) is 7.87. The molecule has 0 aliphatic heterocycles. The van der Waals surface area contributed by atoms with Gasteiger partial charge in [0.15, 0.2) is 6.29 Å². The molecule has 0 fully saturated rings. The molecule has 31 heavy (non-hydrogen) atoms. The van der Waals surface area contributed by atoms with Crippen LogP contribution < -0.4 is 0 Å². The zero-order valence-corrected chi connectivity index (χ0v) is 20.2. The maximum atomic E-state index is 11.2. The number of hydrogen-bond donors (Lipinski definition) is 0. The van der Waals surface area contributed by atoms with Crippen LogP contribution in [-0.4, -0.2) is 45.7 Å². The number of esters is 2. The van der Waals surface area contributed by atoms with Gasteiger partial charge in [0.2, 0.25) is 0 Å². The summed E-state index contributed by atoms with van der Waals surface area (Å²) in [5, 5.41) is 0. The summed E-state index contributed by atoms with van der Waals surface area (Å²) in [7, 11) is 2.76. The molecule has 0 aliphatic rings. The van der Waals surface area contributed by atoms with Crippen molar-refractivity contribution in [1.82, 2.24) is 0 Å². The first-order chi connectivity index (χ1) is 15.1. The average Bonchev–Trinajstić information content (AvgIpc) is 2.78. The topological polar surface area (TPSA) is 71.1 Å². The predicted molar refractivity (Wildman–Crippen MR) is 124 cm³/mol. The Morgan fingerprint density at radius 1 is 0.677 bits per heavy atom. The van der Waals surface area contributed by atoms with Gasteiger partial charge >= 0.3 is 11.9 Å². The number of methoxy groups -OCH3 is 2. The van der Waals surface area contributed by atoms with Crippen LogP contribution in [0.4, 0.5) is 0 Å². The molecule has 0 unspecified atom stereocenters. The van der Waals surface area contributed by atoms with Crippen LogP contribution in [0, 0.1) is 0 Å². The Morgan fingerprint density at radius 2 is 1.13 bits per heavy atom. The van der Waals surface area contributed by atoms with E-state index in [1.807, 2.05) is 6.08 Å². The summed E-state index contributed by atoms with van der Waals surface area (Å²) in [5.41, 5.74) is 0. The molecule has 0 saturated heterocycles. The standard InChI is InChI=1S/C25H46O6/c1-4-5-6-7-8-9-10-11-12-13-14-15-20-25(30-21-16-18-23(26)28-2)31-22-17-19-24(27)29-3/h15,20,25H,4-14,16-19,21-22H2,1-3H3. The largest absolute Gasteiger partial charge is 0.469 e. The van der Waals surface area contributed by atoms with Crippen molar-refractivity contribution in [2.24, 2.45) is 0 Å². The van der Waals surface area contributed by atoms with Crippen molar-refractivity contribution >= 4 is 11.9 Å². The zero-order valence-electron chi connectivity index (χ0n) is 20.2. The highest BCUT2D eigenvalue weighted by atomic mass is 16.7. The van der Waals surface area contributed by atoms with Crippen molar-refractivity contribution in [3.8, 4) is 0 Å². The number of allylic oxidation sites excluding steroid dienone is 1. The third-order valence-corrected chi connectivity index (χ3v) is 5.09. The van der Waals surface area contributed by atoms with Gasteiger partial charge in [0.25, 0.3) is 0 Å². The van der Waals surface area contributed by atoms with Crippen molar-refractivity contribution < 1.29 is 28.5 Å². The Kier molecular flexibility index (Phi) is 22.2. The summed E-state index contributed by atoms with van der Waals surface area (Å²) in [5.74, 6) is -0.480. The summed E-state index contributed by atoms with van der Waals surface area (Å²) in [4.78, 5) is 22.4. The van der Waals surface area contributed by atoms with E-state index in [0.717, 1.165) is 6.42 Å². The molecule has 6 heteroatoms. The smallest absolute Gasteiger partial charge is 0.305 e. The third-order valence-electron chi connectivity index (χ3n) is 5.09. The van der Waals surface area contributed by atoms with Gasteiger partial charge in [0.1, 0.15) is 0 Å². The molecule has 6 nitrogen and oxygen atoms in total. The predicted octanol–water partition coefficient (Wildman–Crippen LogP) is 6.12. The zero-order chi connectivity index (χ0) is 23.0. The molecule has 0 aliphatic carbocycles. The first kappa shape index (κ1) is 29.6. The number of hydrogen-bond acceptors (Lipinski definition) is 6. The molecular formula is C25H46O6. The van der Waals surface area contributed by atoms with Crippen molar-refractivity contribution in [2.75, 3.05) is 27.4 Å². The molecule has 0 N–H and O–H groups in total. The lowest BCUT2D eigenvalue weighted by atomic mass is 10.1. The van der Waals surface area contributed by atoms with Gasteiger partial charge < -0.3 is 18.9 Å². The van der Waals surface area contributed by atoms with Crippen LogP contribution in [0.2, 0.25) is 0 Å². The van der Waals surface area contributed by atoms with E-state index in [-0.39, 0.29) is 11.9 Å². The average molecular weight is 443 g/mol. The van der Waals surface area contributed by atoms with Crippen LogP contribution >= 0.6 is 0 Å². The van der Waals surface area contributed by atoms with Gasteiger partial charge in [-0.2, -0.15) is 0 Å². The molecule has 0 atom stereocenters. The van der Waals surface area contributed by atoms with E-state index in [4.69, 9.17) is 9.47 Å². The number of carbonyl (C=O) groups excluding carboxylic acids is 2. The normalized spacial score (nSPS) is 11.4. The third kappa shape index (κ3) is 21.6. The first-order valence-corrected chi connectivity index (χ1v) is 12.2. The monoisotopic (exact) mass is 442 g/mol. The Bertz CT molecular complexity index is 425. The fraction of sp³-hybridized carbons (Fsp3) is 0.840. The summed E-state index contributed by atoms with van der Waals surface area (Å²) in [6.45, 7) is 3.09. The lowest BCUT2D eigenvalue weighted by molar-refractivity contribution is -0.143. The van der Waals surface area contributed by atoms with Gasteiger partial charge in [0, 0.05) is 12.8 Å². The Balaban J connectivity index is 3.96. The molecule has 0 bridgehead atoms. The van der Waals surface area contributed by atoms with E-state index < -0.39 is 6.29 Å². The highest BCUT2D eigenvalue weighted by molar-refractivity contribution is 5.69. The van der Waals surface area contributed by atoms with Gasteiger partial charge in [0.05, 0.1) is 27.4 Å². The molecular weight excluding hydrogens is 396 g/mol. The van der Waals surface area contributed by atoms with Crippen LogP contribution in [-0.2, 0) is 28.5 Å². The SMILES string of the molecule is CCCCCCCCCCCCC=CC(OCCCC(=O)OC)OCCCC(=O)OC. The van der Waals surface area contributed by atoms with Gasteiger partial charge in [-0.1, -0.05) is 70.8 Å². The van der Waals surface area contributed by atoms with E-state index in [0.29, 0.717) is 38.9 Å². The molecule has 0 rings (SSSR count). The Morgan fingerprint density at radius 3 is 1.58 bits per heavy atom. The van der Waals surface area contributed by atoms with E-state index in [2.05, 4.69) is 22.5 Å². The van der Waals surface area contributed by atoms with E-state index >= 15 is 0 Å². The van der Waals surface area contributed by atoms with E-state index in [1.165, 1.54) is 78.4 Å². The fourth-order valence-electron chi connectivity index (χ4n) is 3.15. The van der Waals surface area contributed by atoms with Crippen LogP contribution in [0.15, 0.2) is 12.2 Å². The molecule has 182 valence electrons. The van der Waals surface area contributed by atoms with Crippen molar-refractivity contribution in [2.45, 2.75) is 110 Å². The van der Waals surface area contributed by atoms with Crippen LogP contribution in [0.5, 0.6) is 0 Å². The maximum Gasteiger partial charge on any atom is 0.305 e. The Labute approximate surface area is 190 Å². The van der Waals surface area contributed by atoms with Gasteiger partial charge in [-0.05, 0) is 31.8 Å². The summed E-state index contributed by atoms with van der Waals surface area (Å²) in [6.07, 6.45) is 19.7. The second-order valence-electron chi connectivity index (χ2n) is 7.87. The van der Waals surface area contributed by atoms with E-state index in [1.54, 1.807) is 0 Å². The van der Waals surface area contributed by atoms with Crippen molar-refractivity contribution in [3.63, 3.8) is 0 Å². The fourth-order valence-corrected chi connectivity index (χ4v) is 3.15. The molecule has 0 heterocycles. The minimum absolute atomic E-state index is 0.240. The van der Waals surface area contributed by atoms with Crippen LogP contribution in [0.25, 0.3) is 0 Å². The van der Waals surface area contributed by atoms with E-state index in [9.17, 15) is 9.59 Å². The molecule has 0 spiro atoms. The van der Waals surface area contributed by atoms with Crippen LogP contribution in [0.1, 0.15) is 103 Å². The molecule has 0 saturated carbocycles. The quantitative estimate of drug-likeness (QED) is 0.0870. The summed E-state index contributed by atoms with van der Waals surface area (Å²) < 4.78 is 20.7. The highest BCUT2D eigenvalue weighted by Crippen LogP contribution is 2.12. The van der Waals surface area contributed by atoms with Crippen molar-refractivity contribution in [1.29, 1.82) is 0 Å². The first-order valence-electron chi connectivity index (χ1n) is 12.2. The number of ether oxygens (including phenoxy) is 4. The number of carbonyl (C=O) groups is 2.